The highest BCUT2D eigenvalue weighted by atomic mass is 32.2. The first kappa shape index (κ1) is 27.3. The van der Waals surface area contributed by atoms with E-state index in [0.29, 0.717) is 6.54 Å². The van der Waals surface area contributed by atoms with Gasteiger partial charge < -0.3 is 9.88 Å². The number of pyridine rings is 1. The number of aromatic nitrogens is 4. The summed E-state index contributed by atoms with van der Waals surface area (Å²) in [4.78, 5) is 24.6. The van der Waals surface area contributed by atoms with Crippen molar-refractivity contribution in [1.29, 1.82) is 0 Å². The molecular weight excluding hydrogens is 518 g/mol. The van der Waals surface area contributed by atoms with Gasteiger partial charge in [0.05, 0.1) is 6.54 Å². The van der Waals surface area contributed by atoms with Crippen molar-refractivity contribution in [2.24, 2.45) is 13.0 Å². The number of benzene rings is 1. The molecule has 212 valence electrons. The Labute approximate surface area is 241 Å². The Morgan fingerprint density at radius 2 is 2.02 bits per heavy atom. The summed E-state index contributed by atoms with van der Waals surface area (Å²) in [5, 5.41) is 11.9. The molecule has 0 bridgehead atoms. The van der Waals surface area contributed by atoms with Gasteiger partial charge in [-0.05, 0) is 92.3 Å². The van der Waals surface area contributed by atoms with Crippen molar-refractivity contribution in [3.05, 3.63) is 58.7 Å². The van der Waals surface area contributed by atoms with Crippen molar-refractivity contribution in [2.75, 3.05) is 36.1 Å². The average Bonchev–Trinajstić information content (AvgIpc) is 3.48. The first-order valence-corrected chi connectivity index (χ1v) is 15.9. The third kappa shape index (κ3) is 5.14. The highest BCUT2D eigenvalue weighted by Crippen LogP contribution is 2.47. The van der Waals surface area contributed by atoms with Crippen LogP contribution in [-0.2, 0) is 32.0 Å². The van der Waals surface area contributed by atoms with Crippen LogP contribution in [0.3, 0.4) is 0 Å². The first-order chi connectivity index (χ1) is 19.4. The van der Waals surface area contributed by atoms with Crippen LogP contribution in [0.1, 0.15) is 78.8 Å². The van der Waals surface area contributed by atoms with E-state index < -0.39 is 0 Å². The number of carbonyl (C=O) groups is 1. The molecule has 1 aromatic carbocycles. The van der Waals surface area contributed by atoms with Gasteiger partial charge in [0.25, 0.3) is 5.91 Å². The lowest BCUT2D eigenvalue weighted by molar-refractivity contribution is 0.0995. The Hall–Kier alpha value is -2.91. The Morgan fingerprint density at radius 3 is 2.70 bits per heavy atom. The van der Waals surface area contributed by atoms with E-state index in [1.807, 2.05) is 16.5 Å². The number of amides is 1. The average molecular weight is 560 g/mol. The molecule has 2 fully saturated rings. The molecule has 0 unspecified atom stereocenters. The predicted octanol–water partition coefficient (Wildman–Crippen LogP) is 5.42. The highest BCUT2D eigenvalue weighted by Gasteiger charge is 2.41. The highest BCUT2D eigenvalue weighted by molar-refractivity contribution is 7.98. The maximum absolute atomic E-state index is 14.0. The van der Waals surface area contributed by atoms with E-state index in [4.69, 9.17) is 4.98 Å². The SMILES string of the molecule is CCNc1cc(C2(Cc3nncn3C)CCC2)cc(N2Cc3c(SC)cc(CN4CCC[C@H](C)C4)cc3C2=O)n1. The molecule has 1 saturated heterocycles. The van der Waals surface area contributed by atoms with Gasteiger partial charge in [-0.1, -0.05) is 13.3 Å². The molecule has 1 saturated carbocycles. The third-order valence-corrected chi connectivity index (χ3v) is 9.90. The van der Waals surface area contributed by atoms with Gasteiger partial charge in [-0.15, -0.1) is 22.0 Å². The van der Waals surface area contributed by atoms with E-state index in [1.54, 1.807) is 18.1 Å². The number of fused-ring (bicyclic) bond motifs is 1. The van der Waals surface area contributed by atoms with Crippen molar-refractivity contribution in [2.45, 2.75) is 75.8 Å². The summed E-state index contributed by atoms with van der Waals surface area (Å²) in [5.74, 6) is 3.35. The van der Waals surface area contributed by atoms with E-state index >= 15 is 0 Å². The zero-order chi connectivity index (χ0) is 27.9. The number of carbonyl (C=O) groups excluding carboxylic acids is 1. The van der Waals surface area contributed by atoms with Crippen LogP contribution < -0.4 is 10.2 Å². The van der Waals surface area contributed by atoms with Crippen LogP contribution in [-0.4, -0.2) is 56.4 Å². The van der Waals surface area contributed by atoms with Crippen LogP contribution in [0.2, 0.25) is 0 Å². The molecule has 1 atom stereocenters. The van der Waals surface area contributed by atoms with Gasteiger partial charge in [0.15, 0.2) is 0 Å². The number of nitrogens with zero attached hydrogens (tertiary/aromatic N) is 6. The molecule has 3 aliphatic rings. The van der Waals surface area contributed by atoms with E-state index in [0.717, 1.165) is 79.9 Å². The van der Waals surface area contributed by atoms with Crippen LogP contribution in [0.15, 0.2) is 35.5 Å². The molecule has 1 aliphatic carbocycles. The van der Waals surface area contributed by atoms with Crippen molar-refractivity contribution >= 4 is 29.3 Å². The maximum Gasteiger partial charge on any atom is 0.260 e. The van der Waals surface area contributed by atoms with Gasteiger partial charge in [0, 0.05) is 49.0 Å². The third-order valence-electron chi connectivity index (χ3n) is 9.10. The molecule has 1 N–H and O–H groups in total. The number of anilines is 2. The molecule has 8 nitrogen and oxygen atoms in total. The van der Waals surface area contributed by atoms with Crippen LogP contribution >= 0.6 is 11.8 Å². The number of likely N-dealkylation sites (tertiary alicyclic amines) is 1. The molecule has 3 aromatic rings. The second kappa shape index (κ2) is 11.2. The summed E-state index contributed by atoms with van der Waals surface area (Å²) in [6, 6.07) is 8.79. The number of hydrogen-bond acceptors (Lipinski definition) is 7. The molecule has 2 aromatic heterocycles. The molecule has 0 radical (unpaired) electrons. The van der Waals surface area contributed by atoms with Gasteiger partial charge in [0.2, 0.25) is 0 Å². The summed E-state index contributed by atoms with van der Waals surface area (Å²) < 4.78 is 2.01. The van der Waals surface area contributed by atoms with Crippen LogP contribution in [0, 0.1) is 5.92 Å². The Kier molecular flexibility index (Phi) is 7.61. The minimum atomic E-state index is -0.0124. The standard InChI is InChI=1S/C31H41N7OS/c1-5-32-27-14-23(31(9-7-10-31)16-29-35-33-20-36(29)3)15-28(34-27)38-19-25-24(30(38)39)12-22(13-26(25)40-4)18-37-11-6-8-21(2)17-37/h12-15,20-21H,5-11,16-19H2,1-4H3,(H,32,34)/t21-/m0/s1. The number of nitrogens with one attached hydrogen (secondary N) is 1. The first-order valence-electron chi connectivity index (χ1n) is 14.7. The number of hydrogen-bond donors (Lipinski definition) is 1. The fourth-order valence-corrected chi connectivity index (χ4v) is 7.44. The molecule has 6 rings (SSSR count). The van der Waals surface area contributed by atoms with Crippen molar-refractivity contribution in [3.63, 3.8) is 0 Å². The lowest BCUT2D eigenvalue weighted by Gasteiger charge is -2.42. The predicted molar refractivity (Wildman–Crippen MR) is 161 cm³/mol. The van der Waals surface area contributed by atoms with Gasteiger partial charge in [-0.3, -0.25) is 14.6 Å². The smallest absolute Gasteiger partial charge is 0.260 e. The lowest BCUT2D eigenvalue weighted by atomic mass is 9.62. The molecular formula is C31H41N7OS. The molecule has 40 heavy (non-hydrogen) atoms. The Bertz CT molecular complexity index is 1400. The molecule has 0 spiro atoms. The van der Waals surface area contributed by atoms with Gasteiger partial charge in [-0.2, -0.15) is 0 Å². The fourth-order valence-electron chi connectivity index (χ4n) is 6.75. The second-order valence-electron chi connectivity index (χ2n) is 12.0. The fraction of sp³-hybridized carbons (Fsp3) is 0.548. The van der Waals surface area contributed by atoms with Gasteiger partial charge >= 0.3 is 0 Å². The van der Waals surface area contributed by atoms with Gasteiger partial charge in [0.1, 0.15) is 23.8 Å². The number of piperidine rings is 1. The summed E-state index contributed by atoms with van der Waals surface area (Å²) in [7, 11) is 2.01. The number of aryl methyl sites for hydroxylation is 1. The molecule has 9 heteroatoms. The van der Waals surface area contributed by atoms with Crippen molar-refractivity contribution in [1.82, 2.24) is 24.6 Å². The van der Waals surface area contributed by atoms with E-state index in [2.05, 4.69) is 64.8 Å². The minimum Gasteiger partial charge on any atom is -0.370 e. The quantitative estimate of drug-likeness (QED) is 0.351. The monoisotopic (exact) mass is 559 g/mol. The molecule has 2 aliphatic heterocycles. The van der Waals surface area contributed by atoms with E-state index in [1.165, 1.54) is 35.3 Å². The normalized spacial score (nSPS) is 20.4. The minimum absolute atomic E-state index is 0.0124. The van der Waals surface area contributed by atoms with Gasteiger partial charge in [-0.25, -0.2) is 4.98 Å². The summed E-state index contributed by atoms with van der Waals surface area (Å²) in [6.45, 7) is 8.93. The van der Waals surface area contributed by atoms with E-state index in [9.17, 15) is 4.79 Å². The molecule has 1 amide bonds. The Balaban J connectivity index is 1.32. The van der Waals surface area contributed by atoms with Crippen LogP contribution in [0.4, 0.5) is 11.6 Å². The summed E-state index contributed by atoms with van der Waals surface area (Å²) in [6.07, 6.45) is 10.7. The zero-order valence-corrected chi connectivity index (χ0v) is 25.1. The number of thioether (sulfide) groups is 1. The maximum atomic E-state index is 14.0. The van der Waals surface area contributed by atoms with Crippen LogP contribution in [0.5, 0.6) is 0 Å². The second-order valence-corrected chi connectivity index (χ2v) is 12.8. The largest absolute Gasteiger partial charge is 0.370 e. The zero-order valence-electron chi connectivity index (χ0n) is 24.2. The number of rotatable bonds is 9. The van der Waals surface area contributed by atoms with Crippen molar-refractivity contribution in [3.8, 4) is 0 Å². The van der Waals surface area contributed by atoms with Crippen molar-refractivity contribution < 1.29 is 4.79 Å². The molecule has 4 heterocycles. The summed E-state index contributed by atoms with van der Waals surface area (Å²) >= 11 is 1.74. The van der Waals surface area contributed by atoms with E-state index in [-0.39, 0.29) is 11.3 Å². The summed E-state index contributed by atoms with van der Waals surface area (Å²) in [5.41, 5.74) is 4.42. The topological polar surface area (TPSA) is 79.2 Å². The van der Waals surface area contributed by atoms with Crippen LogP contribution in [0.25, 0.3) is 0 Å². The lowest BCUT2D eigenvalue weighted by Crippen LogP contribution is -2.38. The Morgan fingerprint density at radius 1 is 1.18 bits per heavy atom.